The molecule has 3 N–H and O–H groups in total. The predicted octanol–water partition coefficient (Wildman–Crippen LogP) is 0.676. The number of rotatable bonds is 5. The van der Waals surface area contributed by atoms with Gasteiger partial charge in [0.2, 0.25) is 5.91 Å². The third-order valence-electron chi connectivity index (χ3n) is 2.21. The van der Waals surface area contributed by atoms with Gasteiger partial charge in [-0.15, -0.1) is 0 Å². The molecule has 1 aromatic rings. The normalized spacial score (nSPS) is 11.7. The van der Waals surface area contributed by atoms with E-state index in [1.807, 2.05) is 0 Å². The van der Waals surface area contributed by atoms with Crippen LogP contribution in [0.25, 0.3) is 0 Å². The summed E-state index contributed by atoms with van der Waals surface area (Å²) in [6.45, 7) is 1.42. The average molecular weight is 315 g/mol. The monoisotopic (exact) mass is 314 g/mol. The minimum Gasteiger partial charge on any atom is -0.394 e. The lowest BCUT2D eigenvalue weighted by atomic mass is 10.2. The molecule has 0 heterocycles. The Hall–Kier alpha value is -1.40. The van der Waals surface area contributed by atoms with E-state index in [0.717, 1.165) is 0 Å². The van der Waals surface area contributed by atoms with E-state index in [-0.39, 0.29) is 31.0 Å². The molecule has 2 amide bonds. The Labute approximate surface area is 114 Å². The molecule has 0 aliphatic heterocycles. The number of nitrogens with one attached hydrogen (secondary N) is 2. The van der Waals surface area contributed by atoms with Crippen LogP contribution in [0.4, 0.5) is 0 Å². The largest absolute Gasteiger partial charge is 0.394 e. The van der Waals surface area contributed by atoms with Crippen molar-refractivity contribution >= 4 is 27.7 Å². The summed E-state index contributed by atoms with van der Waals surface area (Å²) in [5.74, 6) is -0.661. The average Bonchev–Trinajstić information content (AvgIpc) is 2.36. The summed E-state index contributed by atoms with van der Waals surface area (Å²) in [6.07, 6.45) is 0. The predicted molar refractivity (Wildman–Crippen MR) is 71.2 cm³/mol. The van der Waals surface area contributed by atoms with Crippen LogP contribution in [0.1, 0.15) is 17.3 Å². The van der Waals surface area contributed by atoms with Crippen LogP contribution in [0, 0.1) is 0 Å². The van der Waals surface area contributed by atoms with E-state index in [9.17, 15) is 9.59 Å². The molecule has 5 nitrogen and oxygen atoms in total. The van der Waals surface area contributed by atoms with Gasteiger partial charge in [0, 0.05) is 10.5 Å². The van der Waals surface area contributed by atoms with Gasteiger partial charge in [0.25, 0.3) is 5.91 Å². The van der Waals surface area contributed by atoms with Crippen LogP contribution >= 0.6 is 15.9 Å². The van der Waals surface area contributed by atoms with Gasteiger partial charge in [0.1, 0.15) is 0 Å². The fourth-order valence-electron chi connectivity index (χ4n) is 1.27. The Bertz CT molecular complexity index is 437. The molecule has 0 radical (unpaired) electrons. The summed E-state index contributed by atoms with van der Waals surface area (Å²) in [7, 11) is 0. The fourth-order valence-corrected chi connectivity index (χ4v) is 1.74. The van der Waals surface area contributed by atoms with Crippen LogP contribution in [0.3, 0.4) is 0 Å². The standard InChI is InChI=1S/C12H15BrN2O3/c1-8(7-16)15-11(17)6-14-12(18)9-4-2-3-5-10(9)13/h2-5,8,16H,6-7H2,1H3,(H,14,18)(H,15,17)/t8-/m1/s1. The molecule has 0 aliphatic carbocycles. The third-order valence-corrected chi connectivity index (χ3v) is 2.90. The first-order valence-corrected chi connectivity index (χ1v) is 6.27. The Morgan fingerprint density at radius 3 is 2.67 bits per heavy atom. The number of hydrogen-bond donors (Lipinski definition) is 3. The molecule has 1 atom stereocenters. The summed E-state index contributed by atoms with van der Waals surface area (Å²) >= 11 is 3.26. The van der Waals surface area contributed by atoms with Crippen LogP contribution in [-0.4, -0.2) is 36.1 Å². The second-order valence-electron chi connectivity index (χ2n) is 3.81. The number of hydrogen-bond acceptors (Lipinski definition) is 3. The van der Waals surface area contributed by atoms with Crippen LogP contribution in [0.2, 0.25) is 0 Å². The number of halogens is 1. The smallest absolute Gasteiger partial charge is 0.252 e. The van der Waals surface area contributed by atoms with E-state index in [0.29, 0.717) is 10.0 Å². The van der Waals surface area contributed by atoms with Gasteiger partial charge in [-0.25, -0.2) is 0 Å². The van der Waals surface area contributed by atoms with Crippen molar-refractivity contribution in [2.24, 2.45) is 0 Å². The highest BCUT2D eigenvalue weighted by Gasteiger charge is 2.11. The van der Waals surface area contributed by atoms with Gasteiger partial charge in [0.15, 0.2) is 0 Å². The highest BCUT2D eigenvalue weighted by atomic mass is 79.9. The molecular formula is C12H15BrN2O3. The molecule has 0 fully saturated rings. The SMILES string of the molecule is C[C@H](CO)NC(=O)CNC(=O)c1ccccc1Br. The Morgan fingerprint density at radius 2 is 2.06 bits per heavy atom. The van der Waals surface area contributed by atoms with Gasteiger partial charge in [-0.1, -0.05) is 12.1 Å². The Morgan fingerprint density at radius 1 is 1.39 bits per heavy atom. The molecule has 0 saturated heterocycles. The van der Waals surface area contributed by atoms with Crippen molar-refractivity contribution in [1.29, 1.82) is 0 Å². The second kappa shape index (κ2) is 7.13. The molecular weight excluding hydrogens is 300 g/mol. The van der Waals surface area contributed by atoms with Crippen molar-refractivity contribution in [2.75, 3.05) is 13.2 Å². The summed E-state index contributed by atoms with van der Waals surface area (Å²) in [6, 6.07) is 6.64. The van der Waals surface area contributed by atoms with E-state index >= 15 is 0 Å². The number of carbonyl (C=O) groups excluding carboxylic acids is 2. The lowest BCUT2D eigenvalue weighted by Gasteiger charge is -2.11. The molecule has 0 bridgehead atoms. The molecule has 1 aromatic carbocycles. The number of amides is 2. The van der Waals surface area contributed by atoms with E-state index in [4.69, 9.17) is 5.11 Å². The van der Waals surface area contributed by atoms with Crippen LogP contribution in [0.15, 0.2) is 28.7 Å². The summed E-state index contributed by atoms with van der Waals surface area (Å²) in [5.41, 5.74) is 0.473. The van der Waals surface area contributed by atoms with Gasteiger partial charge in [-0.2, -0.15) is 0 Å². The zero-order valence-corrected chi connectivity index (χ0v) is 11.5. The number of aliphatic hydroxyl groups is 1. The molecule has 18 heavy (non-hydrogen) atoms. The zero-order chi connectivity index (χ0) is 13.5. The van der Waals surface area contributed by atoms with E-state index in [1.54, 1.807) is 31.2 Å². The first-order valence-electron chi connectivity index (χ1n) is 5.47. The van der Waals surface area contributed by atoms with Gasteiger partial charge in [-0.3, -0.25) is 9.59 Å². The maximum atomic E-state index is 11.8. The van der Waals surface area contributed by atoms with Crippen molar-refractivity contribution < 1.29 is 14.7 Å². The lowest BCUT2D eigenvalue weighted by molar-refractivity contribution is -0.121. The van der Waals surface area contributed by atoms with Crippen LogP contribution < -0.4 is 10.6 Å². The molecule has 1 rings (SSSR count). The lowest BCUT2D eigenvalue weighted by Crippen LogP contribution is -2.42. The van der Waals surface area contributed by atoms with E-state index < -0.39 is 0 Å². The second-order valence-corrected chi connectivity index (χ2v) is 4.67. The quantitative estimate of drug-likeness (QED) is 0.747. The molecule has 0 aliphatic rings. The number of aliphatic hydroxyl groups excluding tert-OH is 1. The highest BCUT2D eigenvalue weighted by molar-refractivity contribution is 9.10. The van der Waals surface area contributed by atoms with Crippen molar-refractivity contribution in [3.8, 4) is 0 Å². The summed E-state index contributed by atoms with van der Waals surface area (Å²) < 4.78 is 0.673. The number of carbonyl (C=O) groups is 2. The maximum Gasteiger partial charge on any atom is 0.252 e. The van der Waals surface area contributed by atoms with Gasteiger partial charge >= 0.3 is 0 Å². The zero-order valence-electron chi connectivity index (χ0n) is 9.94. The molecule has 0 saturated carbocycles. The number of benzene rings is 1. The minimum absolute atomic E-state index is 0.121. The van der Waals surface area contributed by atoms with E-state index in [2.05, 4.69) is 26.6 Å². The topological polar surface area (TPSA) is 78.4 Å². The van der Waals surface area contributed by atoms with Crippen molar-refractivity contribution in [3.05, 3.63) is 34.3 Å². The van der Waals surface area contributed by atoms with E-state index in [1.165, 1.54) is 0 Å². The van der Waals surface area contributed by atoms with Gasteiger partial charge in [-0.05, 0) is 35.0 Å². The third kappa shape index (κ3) is 4.46. The molecule has 0 unspecified atom stereocenters. The molecule has 6 heteroatoms. The summed E-state index contributed by atoms with van der Waals surface area (Å²) in [4.78, 5) is 23.1. The first kappa shape index (κ1) is 14.7. The first-order chi connectivity index (χ1) is 8.54. The molecule has 98 valence electrons. The molecule has 0 spiro atoms. The van der Waals surface area contributed by atoms with Crippen LogP contribution in [0.5, 0.6) is 0 Å². The molecule has 0 aromatic heterocycles. The maximum absolute atomic E-state index is 11.8. The fraction of sp³-hybridized carbons (Fsp3) is 0.333. The Kier molecular flexibility index (Phi) is 5.80. The Balaban J connectivity index is 2.47. The van der Waals surface area contributed by atoms with Crippen molar-refractivity contribution in [2.45, 2.75) is 13.0 Å². The van der Waals surface area contributed by atoms with Crippen molar-refractivity contribution in [1.82, 2.24) is 10.6 Å². The minimum atomic E-state index is -0.336. The van der Waals surface area contributed by atoms with Crippen molar-refractivity contribution in [3.63, 3.8) is 0 Å². The highest BCUT2D eigenvalue weighted by Crippen LogP contribution is 2.15. The summed E-state index contributed by atoms with van der Waals surface area (Å²) in [5, 5.41) is 13.8. The van der Waals surface area contributed by atoms with Crippen LogP contribution in [-0.2, 0) is 4.79 Å². The van der Waals surface area contributed by atoms with Gasteiger partial charge < -0.3 is 15.7 Å². The van der Waals surface area contributed by atoms with Gasteiger partial charge in [0.05, 0.1) is 18.7 Å².